The van der Waals surface area contributed by atoms with Crippen molar-refractivity contribution < 1.29 is 14.4 Å². The molecule has 1 aromatic carbocycles. The molecule has 1 atom stereocenters. The van der Waals surface area contributed by atoms with Crippen molar-refractivity contribution in [2.75, 3.05) is 31.7 Å². The van der Waals surface area contributed by atoms with Crippen LogP contribution >= 0.6 is 11.6 Å². The third kappa shape index (κ3) is 4.56. The van der Waals surface area contributed by atoms with Crippen molar-refractivity contribution in [1.29, 1.82) is 0 Å². The number of nitro benzene ring substituents is 1. The van der Waals surface area contributed by atoms with Crippen LogP contribution in [0.3, 0.4) is 0 Å². The van der Waals surface area contributed by atoms with E-state index in [1.54, 1.807) is 6.92 Å². The Morgan fingerprint density at radius 3 is 3.00 bits per heavy atom. The molecule has 1 fully saturated rings. The monoisotopic (exact) mass is 314 g/mol. The van der Waals surface area contributed by atoms with Gasteiger partial charge in [-0.15, -0.1) is 0 Å². The number of non-ortho nitro benzene ring substituents is 1. The summed E-state index contributed by atoms with van der Waals surface area (Å²) in [5.41, 5.74) is 1.51. The van der Waals surface area contributed by atoms with Gasteiger partial charge in [0.1, 0.15) is 0 Å². The molecule has 0 amide bonds. The Morgan fingerprint density at radius 1 is 1.57 bits per heavy atom. The molecule has 1 aliphatic rings. The number of benzene rings is 1. The zero-order valence-electron chi connectivity index (χ0n) is 11.9. The molecular weight excluding hydrogens is 296 g/mol. The number of aryl methyl sites for hydroxylation is 1. The second-order valence-electron chi connectivity index (χ2n) is 5.01. The van der Waals surface area contributed by atoms with Crippen molar-refractivity contribution in [2.45, 2.75) is 25.9 Å². The van der Waals surface area contributed by atoms with Gasteiger partial charge in [0.2, 0.25) is 0 Å². The SMILES string of the molecule is Cc1cc([N+](=O)[O-])cc(Cl)c1NCCCOC1CCOC1. The summed E-state index contributed by atoms with van der Waals surface area (Å²) in [5.74, 6) is 0. The van der Waals surface area contributed by atoms with Crippen LogP contribution in [-0.4, -0.2) is 37.4 Å². The first kappa shape index (κ1) is 16.0. The molecule has 1 heterocycles. The number of nitro groups is 1. The van der Waals surface area contributed by atoms with Gasteiger partial charge in [0.25, 0.3) is 5.69 Å². The predicted octanol–water partition coefficient (Wildman–Crippen LogP) is 3.16. The Labute approximate surface area is 128 Å². The lowest BCUT2D eigenvalue weighted by Gasteiger charge is -2.13. The largest absolute Gasteiger partial charge is 0.384 e. The van der Waals surface area contributed by atoms with Gasteiger partial charge in [0, 0.05) is 31.9 Å². The third-order valence-corrected chi connectivity index (χ3v) is 3.65. The first-order chi connectivity index (χ1) is 10.1. The van der Waals surface area contributed by atoms with Crippen LogP contribution in [-0.2, 0) is 9.47 Å². The van der Waals surface area contributed by atoms with Crippen LogP contribution in [0.25, 0.3) is 0 Å². The number of halogens is 1. The van der Waals surface area contributed by atoms with E-state index in [2.05, 4.69) is 5.32 Å². The highest BCUT2D eigenvalue weighted by molar-refractivity contribution is 6.33. The summed E-state index contributed by atoms with van der Waals surface area (Å²) < 4.78 is 10.9. The summed E-state index contributed by atoms with van der Waals surface area (Å²) in [6.07, 6.45) is 2.01. The van der Waals surface area contributed by atoms with Crippen molar-refractivity contribution in [3.8, 4) is 0 Å². The number of hydrogen-bond donors (Lipinski definition) is 1. The highest BCUT2D eigenvalue weighted by Crippen LogP contribution is 2.30. The number of nitrogens with zero attached hydrogens (tertiary/aromatic N) is 1. The van der Waals surface area contributed by atoms with E-state index in [4.69, 9.17) is 21.1 Å². The molecule has 7 heteroatoms. The van der Waals surface area contributed by atoms with Crippen molar-refractivity contribution >= 4 is 23.0 Å². The van der Waals surface area contributed by atoms with E-state index in [0.29, 0.717) is 24.8 Å². The molecule has 0 aromatic heterocycles. The lowest BCUT2D eigenvalue weighted by molar-refractivity contribution is -0.384. The molecule has 116 valence electrons. The molecule has 1 N–H and O–H groups in total. The summed E-state index contributed by atoms with van der Waals surface area (Å²) >= 11 is 6.08. The maximum Gasteiger partial charge on any atom is 0.271 e. The molecule has 1 saturated heterocycles. The fourth-order valence-electron chi connectivity index (χ4n) is 2.24. The van der Waals surface area contributed by atoms with Gasteiger partial charge in [0.05, 0.1) is 28.3 Å². The molecule has 1 aliphatic heterocycles. The number of ether oxygens (including phenoxy) is 2. The molecule has 2 rings (SSSR count). The molecule has 0 spiro atoms. The molecule has 6 nitrogen and oxygen atoms in total. The number of anilines is 1. The van der Waals surface area contributed by atoms with E-state index in [0.717, 1.165) is 30.7 Å². The summed E-state index contributed by atoms with van der Waals surface area (Å²) in [6, 6.07) is 2.88. The van der Waals surface area contributed by atoms with Crippen molar-refractivity contribution in [3.63, 3.8) is 0 Å². The highest BCUT2D eigenvalue weighted by Gasteiger charge is 2.15. The molecule has 0 radical (unpaired) electrons. The summed E-state index contributed by atoms with van der Waals surface area (Å²) in [4.78, 5) is 10.3. The minimum absolute atomic E-state index is 0.00705. The lowest BCUT2D eigenvalue weighted by atomic mass is 10.1. The summed E-state index contributed by atoms with van der Waals surface area (Å²) in [7, 11) is 0. The topological polar surface area (TPSA) is 73.6 Å². The zero-order valence-corrected chi connectivity index (χ0v) is 12.7. The van der Waals surface area contributed by atoms with E-state index >= 15 is 0 Å². The minimum atomic E-state index is -0.444. The van der Waals surface area contributed by atoms with Gasteiger partial charge in [-0.05, 0) is 25.3 Å². The first-order valence-corrected chi connectivity index (χ1v) is 7.33. The van der Waals surface area contributed by atoms with Crippen molar-refractivity contribution in [3.05, 3.63) is 32.8 Å². The normalized spacial score (nSPS) is 17.9. The Morgan fingerprint density at radius 2 is 2.38 bits per heavy atom. The fourth-order valence-corrected chi connectivity index (χ4v) is 2.56. The van der Waals surface area contributed by atoms with Gasteiger partial charge in [0.15, 0.2) is 0 Å². The van der Waals surface area contributed by atoms with Gasteiger partial charge in [-0.25, -0.2) is 0 Å². The van der Waals surface area contributed by atoms with E-state index in [1.165, 1.54) is 12.1 Å². The van der Waals surface area contributed by atoms with Crippen molar-refractivity contribution in [1.82, 2.24) is 0 Å². The first-order valence-electron chi connectivity index (χ1n) is 6.95. The van der Waals surface area contributed by atoms with E-state index < -0.39 is 4.92 Å². The van der Waals surface area contributed by atoms with Crippen LogP contribution in [0.5, 0.6) is 0 Å². The summed E-state index contributed by atoms with van der Waals surface area (Å²) in [6.45, 7) is 4.62. The van der Waals surface area contributed by atoms with E-state index in [1.807, 2.05) is 0 Å². The zero-order chi connectivity index (χ0) is 15.2. The second kappa shape index (κ2) is 7.59. The van der Waals surface area contributed by atoms with Crippen LogP contribution in [0.1, 0.15) is 18.4 Å². The van der Waals surface area contributed by atoms with Gasteiger partial charge < -0.3 is 14.8 Å². The number of nitrogens with one attached hydrogen (secondary N) is 1. The Bertz CT molecular complexity index is 481. The second-order valence-corrected chi connectivity index (χ2v) is 5.42. The maximum atomic E-state index is 10.7. The Balaban J connectivity index is 1.78. The summed E-state index contributed by atoms with van der Waals surface area (Å²) in [5, 5.41) is 14.3. The number of rotatable bonds is 7. The molecule has 1 unspecified atom stereocenters. The fraction of sp³-hybridized carbons (Fsp3) is 0.571. The van der Waals surface area contributed by atoms with Crippen LogP contribution < -0.4 is 5.32 Å². The third-order valence-electron chi connectivity index (χ3n) is 3.35. The van der Waals surface area contributed by atoms with Gasteiger partial charge in [-0.1, -0.05) is 11.6 Å². The molecule has 1 aromatic rings. The molecule has 21 heavy (non-hydrogen) atoms. The van der Waals surface area contributed by atoms with E-state index in [-0.39, 0.29) is 11.8 Å². The van der Waals surface area contributed by atoms with Crippen LogP contribution in [0.4, 0.5) is 11.4 Å². The standard InChI is InChI=1S/C14H19ClN2O4/c1-10-7-11(17(18)19)8-13(15)14(10)16-4-2-5-21-12-3-6-20-9-12/h7-8,12,16H,2-6,9H2,1H3. The van der Waals surface area contributed by atoms with Gasteiger partial charge in [-0.3, -0.25) is 10.1 Å². The van der Waals surface area contributed by atoms with Crippen LogP contribution in [0, 0.1) is 17.0 Å². The van der Waals surface area contributed by atoms with Crippen molar-refractivity contribution in [2.24, 2.45) is 0 Å². The van der Waals surface area contributed by atoms with Gasteiger partial charge in [-0.2, -0.15) is 0 Å². The average molecular weight is 315 g/mol. The Kier molecular flexibility index (Phi) is 5.78. The molecule has 0 bridgehead atoms. The Hall–Kier alpha value is -1.37. The smallest absolute Gasteiger partial charge is 0.271 e. The van der Waals surface area contributed by atoms with Crippen LogP contribution in [0.15, 0.2) is 12.1 Å². The predicted molar refractivity (Wildman–Crippen MR) is 81.1 cm³/mol. The average Bonchev–Trinajstić information content (AvgIpc) is 2.93. The maximum absolute atomic E-state index is 10.7. The molecular formula is C14H19ClN2O4. The minimum Gasteiger partial charge on any atom is -0.384 e. The lowest BCUT2D eigenvalue weighted by Crippen LogP contribution is -2.15. The van der Waals surface area contributed by atoms with Crippen LogP contribution in [0.2, 0.25) is 5.02 Å². The number of hydrogen-bond acceptors (Lipinski definition) is 5. The highest BCUT2D eigenvalue weighted by atomic mass is 35.5. The molecule has 0 aliphatic carbocycles. The van der Waals surface area contributed by atoms with E-state index in [9.17, 15) is 10.1 Å². The van der Waals surface area contributed by atoms with Gasteiger partial charge >= 0.3 is 0 Å². The molecule has 0 saturated carbocycles. The quantitative estimate of drug-likeness (QED) is 0.475.